The zero-order chi connectivity index (χ0) is 12.5. The fourth-order valence-corrected chi connectivity index (χ4v) is 1.30. The number of ether oxygens (including phenoxy) is 1. The van der Waals surface area contributed by atoms with Gasteiger partial charge in [-0.25, -0.2) is 9.18 Å². The summed E-state index contributed by atoms with van der Waals surface area (Å²) in [5.41, 5.74) is 0.472. The predicted molar refractivity (Wildman–Crippen MR) is 63.1 cm³/mol. The van der Waals surface area contributed by atoms with Crippen molar-refractivity contribution in [3.05, 3.63) is 35.6 Å². The van der Waals surface area contributed by atoms with E-state index in [9.17, 15) is 9.18 Å². The molecule has 1 aromatic carbocycles. The number of halogens is 1. The number of hydrogen-bond acceptors (Lipinski definition) is 2. The number of carbonyl (C=O) groups is 1. The van der Waals surface area contributed by atoms with Crippen LogP contribution < -0.4 is 10.6 Å². The van der Waals surface area contributed by atoms with Crippen LogP contribution in [0.2, 0.25) is 0 Å². The van der Waals surface area contributed by atoms with Gasteiger partial charge in [0.15, 0.2) is 0 Å². The number of nitrogens with one attached hydrogen (secondary N) is 2. The van der Waals surface area contributed by atoms with Crippen molar-refractivity contribution in [2.24, 2.45) is 0 Å². The number of amides is 2. The van der Waals surface area contributed by atoms with E-state index in [1.165, 1.54) is 6.07 Å². The van der Waals surface area contributed by atoms with Gasteiger partial charge >= 0.3 is 6.03 Å². The first-order valence-electron chi connectivity index (χ1n) is 5.48. The molecule has 94 valence electrons. The summed E-state index contributed by atoms with van der Waals surface area (Å²) in [5, 5.41) is 5.24. The maximum atomic E-state index is 13.2. The number of carbonyl (C=O) groups excluding carboxylic acids is 1. The van der Waals surface area contributed by atoms with Gasteiger partial charge in [-0.05, 0) is 12.5 Å². The van der Waals surface area contributed by atoms with Gasteiger partial charge in [0.2, 0.25) is 0 Å². The van der Waals surface area contributed by atoms with Crippen molar-refractivity contribution in [3.8, 4) is 0 Å². The van der Waals surface area contributed by atoms with Crippen LogP contribution in [0.3, 0.4) is 0 Å². The molecule has 5 heteroatoms. The monoisotopic (exact) mass is 240 g/mol. The molecule has 1 aromatic rings. The standard InChI is InChI=1S/C12H17FN2O2/c1-17-8-4-7-14-12(16)15-9-10-5-2-3-6-11(10)13/h2-3,5-6H,4,7-9H2,1H3,(H2,14,15,16). The molecule has 0 aliphatic rings. The maximum absolute atomic E-state index is 13.2. The van der Waals surface area contributed by atoms with Crippen LogP contribution in [-0.2, 0) is 11.3 Å². The fourth-order valence-electron chi connectivity index (χ4n) is 1.30. The van der Waals surface area contributed by atoms with Gasteiger partial charge in [0.05, 0.1) is 0 Å². The van der Waals surface area contributed by atoms with Crippen molar-refractivity contribution >= 4 is 6.03 Å². The number of benzene rings is 1. The smallest absolute Gasteiger partial charge is 0.315 e. The van der Waals surface area contributed by atoms with Crippen molar-refractivity contribution in [3.63, 3.8) is 0 Å². The van der Waals surface area contributed by atoms with Crippen molar-refractivity contribution in [1.29, 1.82) is 0 Å². The van der Waals surface area contributed by atoms with Crippen molar-refractivity contribution in [2.45, 2.75) is 13.0 Å². The molecule has 0 spiro atoms. The highest BCUT2D eigenvalue weighted by Gasteiger charge is 2.03. The minimum Gasteiger partial charge on any atom is -0.385 e. The summed E-state index contributed by atoms with van der Waals surface area (Å²) in [7, 11) is 1.61. The average molecular weight is 240 g/mol. The summed E-state index contributed by atoms with van der Waals surface area (Å²) < 4.78 is 18.1. The second-order valence-electron chi connectivity index (χ2n) is 3.55. The van der Waals surface area contributed by atoms with Crippen molar-refractivity contribution in [2.75, 3.05) is 20.3 Å². The Kier molecular flexibility index (Phi) is 6.03. The molecular weight excluding hydrogens is 223 g/mol. The number of urea groups is 1. The summed E-state index contributed by atoms with van der Waals surface area (Å²) in [6.45, 7) is 1.33. The quantitative estimate of drug-likeness (QED) is 0.743. The molecule has 4 nitrogen and oxygen atoms in total. The van der Waals surface area contributed by atoms with Crippen molar-refractivity contribution in [1.82, 2.24) is 10.6 Å². The molecular formula is C12H17FN2O2. The lowest BCUT2D eigenvalue weighted by Crippen LogP contribution is -2.36. The third-order valence-corrected chi connectivity index (χ3v) is 2.21. The molecule has 1 rings (SSSR count). The molecule has 2 N–H and O–H groups in total. The van der Waals surface area contributed by atoms with Crippen LogP contribution in [0, 0.1) is 5.82 Å². The van der Waals surface area contributed by atoms with Crippen LogP contribution in [0.15, 0.2) is 24.3 Å². The first kappa shape index (κ1) is 13.4. The van der Waals surface area contributed by atoms with Crippen LogP contribution in [0.4, 0.5) is 9.18 Å². The molecule has 0 atom stereocenters. The van der Waals surface area contributed by atoms with Gasteiger partial charge in [-0.2, -0.15) is 0 Å². The van der Waals surface area contributed by atoms with Crippen LogP contribution in [-0.4, -0.2) is 26.3 Å². The van der Waals surface area contributed by atoms with E-state index >= 15 is 0 Å². The van der Waals surface area contributed by atoms with Crippen LogP contribution in [0.1, 0.15) is 12.0 Å². The fraction of sp³-hybridized carbons (Fsp3) is 0.417. The summed E-state index contributed by atoms with van der Waals surface area (Å²) in [6, 6.07) is 6.05. The van der Waals surface area contributed by atoms with Gasteiger partial charge in [0.25, 0.3) is 0 Å². The normalized spacial score (nSPS) is 10.0. The molecule has 0 saturated heterocycles. The molecule has 2 amide bonds. The van der Waals surface area contributed by atoms with Gasteiger partial charge in [0.1, 0.15) is 5.82 Å². The predicted octanol–water partition coefficient (Wildman–Crippen LogP) is 1.66. The molecule has 0 aromatic heterocycles. The lowest BCUT2D eigenvalue weighted by atomic mass is 10.2. The molecule has 0 bridgehead atoms. The third kappa shape index (κ3) is 5.31. The number of methoxy groups -OCH3 is 1. The van der Waals surface area contributed by atoms with Crippen LogP contribution in [0.5, 0.6) is 0 Å². The Hall–Kier alpha value is -1.62. The molecule has 0 radical (unpaired) electrons. The third-order valence-electron chi connectivity index (χ3n) is 2.21. The lowest BCUT2D eigenvalue weighted by Gasteiger charge is -2.07. The average Bonchev–Trinajstić information content (AvgIpc) is 2.34. The van der Waals surface area contributed by atoms with Gasteiger partial charge in [0, 0.05) is 32.4 Å². The minimum atomic E-state index is -0.313. The Morgan fingerprint density at radius 2 is 2.12 bits per heavy atom. The molecule has 0 unspecified atom stereocenters. The minimum absolute atomic E-state index is 0.183. The highest BCUT2D eigenvalue weighted by atomic mass is 19.1. The summed E-state index contributed by atoms with van der Waals surface area (Å²) >= 11 is 0. The molecule has 0 aliphatic carbocycles. The molecule has 0 fully saturated rings. The molecule has 0 saturated carbocycles. The lowest BCUT2D eigenvalue weighted by molar-refractivity contribution is 0.193. The Balaban J connectivity index is 2.22. The van der Waals surface area contributed by atoms with E-state index in [-0.39, 0.29) is 18.4 Å². The largest absolute Gasteiger partial charge is 0.385 e. The molecule has 0 aliphatic heterocycles. The van der Waals surface area contributed by atoms with E-state index in [2.05, 4.69) is 10.6 Å². The van der Waals surface area contributed by atoms with E-state index in [4.69, 9.17) is 4.74 Å². The van der Waals surface area contributed by atoms with Crippen molar-refractivity contribution < 1.29 is 13.9 Å². The Labute approximate surface area is 100 Å². The van der Waals surface area contributed by atoms with E-state index in [1.54, 1.807) is 25.3 Å². The second kappa shape index (κ2) is 7.62. The Morgan fingerprint density at radius 3 is 2.82 bits per heavy atom. The first-order valence-corrected chi connectivity index (χ1v) is 5.48. The van der Waals surface area contributed by atoms with E-state index in [0.717, 1.165) is 6.42 Å². The highest BCUT2D eigenvalue weighted by Crippen LogP contribution is 2.05. The maximum Gasteiger partial charge on any atom is 0.315 e. The van der Waals surface area contributed by atoms with Gasteiger partial charge in [-0.15, -0.1) is 0 Å². The van der Waals surface area contributed by atoms with Crippen LogP contribution in [0.25, 0.3) is 0 Å². The van der Waals surface area contributed by atoms with Gasteiger partial charge < -0.3 is 15.4 Å². The SMILES string of the molecule is COCCCNC(=O)NCc1ccccc1F. The molecule has 0 heterocycles. The number of hydrogen-bond donors (Lipinski definition) is 2. The Bertz CT molecular complexity index is 358. The molecule has 17 heavy (non-hydrogen) atoms. The second-order valence-corrected chi connectivity index (χ2v) is 3.55. The summed E-state index contributed by atoms with van der Waals surface area (Å²) in [6.07, 6.45) is 0.754. The van der Waals surface area contributed by atoms with Gasteiger partial charge in [-0.3, -0.25) is 0 Å². The Morgan fingerprint density at radius 1 is 1.35 bits per heavy atom. The number of rotatable bonds is 6. The highest BCUT2D eigenvalue weighted by molar-refractivity contribution is 5.73. The first-order chi connectivity index (χ1) is 8.24. The van der Waals surface area contributed by atoms with Crippen LogP contribution >= 0.6 is 0 Å². The summed E-state index contributed by atoms with van der Waals surface area (Å²) in [5.74, 6) is -0.313. The summed E-state index contributed by atoms with van der Waals surface area (Å²) in [4.78, 5) is 11.3. The topological polar surface area (TPSA) is 50.4 Å². The van der Waals surface area contributed by atoms with E-state index < -0.39 is 0 Å². The zero-order valence-corrected chi connectivity index (χ0v) is 9.83. The van der Waals surface area contributed by atoms with E-state index in [0.29, 0.717) is 18.7 Å². The zero-order valence-electron chi connectivity index (χ0n) is 9.83. The van der Waals surface area contributed by atoms with E-state index in [1.807, 2.05) is 0 Å². The van der Waals surface area contributed by atoms with Gasteiger partial charge in [-0.1, -0.05) is 18.2 Å².